The number of carbonyl (C=O) groups is 1. The Hall–Kier alpha value is -1.55. The van der Waals surface area contributed by atoms with E-state index in [-0.39, 0.29) is 18.1 Å². The van der Waals surface area contributed by atoms with Gasteiger partial charge in [0.25, 0.3) is 0 Å². The Kier molecular flexibility index (Phi) is 6.05. The van der Waals surface area contributed by atoms with E-state index in [2.05, 4.69) is 0 Å². The highest BCUT2D eigenvalue weighted by Gasteiger charge is 2.27. The van der Waals surface area contributed by atoms with Gasteiger partial charge in [-0.05, 0) is 44.7 Å². The van der Waals surface area contributed by atoms with Crippen molar-refractivity contribution >= 4 is 5.91 Å². The largest absolute Gasteiger partial charge is 0.493 e. The first kappa shape index (κ1) is 15.8. The van der Waals surface area contributed by atoms with Gasteiger partial charge < -0.3 is 14.7 Å². The second-order valence-electron chi connectivity index (χ2n) is 5.73. The topological polar surface area (TPSA) is 49.8 Å². The zero-order valence-corrected chi connectivity index (χ0v) is 12.7. The molecule has 1 N–H and O–H groups in total. The third-order valence-corrected chi connectivity index (χ3v) is 3.89. The van der Waals surface area contributed by atoms with Crippen LogP contribution in [0.3, 0.4) is 0 Å². The van der Waals surface area contributed by atoms with Crippen LogP contribution in [-0.2, 0) is 4.79 Å². The van der Waals surface area contributed by atoms with Gasteiger partial charge in [-0.1, -0.05) is 18.2 Å². The highest BCUT2D eigenvalue weighted by Crippen LogP contribution is 2.22. The minimum atomic E-state index is -0.357. The van der Waals surface area contributed by atoms with Crippen molar-refractivity contribution in [3.63, 3.8) is 0 Å². The Morgan fingerprint density at radius 1 is 1.38 bits per heavy atom. The first-order valence-electron chi connectivity index (χ1n) is 7.82. The average molecular weight is 291 g/mol. The SMILES string of the molecule is CC(O)CC1CCCCN1C(=O)CCOc1ccccc1. The van der Waals surface area contributed by atoms with Crippen LogP contribution in [0.15, 0.2) is 30.3 Å². The zero-order valence-electron chi connectivity index (χ0n) is 12.7. The number of aliphatic hydroxyl groups is 1. The third kappa shape index (κ3) is 5.05. The zero-order chi connectivity index (χ0) is 15.1. The molecule has 0 aliphatic carbocycles. The number of likely N-dealkylation sites (tertiary alicyclic amines) is 1. The van der Waals surface area contributed by atoms with Crippen LogP contribution >= 0.6 is 0 Å². The average Bonchev–Trinajstić information content (AvgIpc) is 2.48. The summed E-state index contributed by atoms with van der Waals surface area (Å²) in [4.78, 5) is 14.3. The lowest BCUT2D eigenvalue weighted by atomic mass is 9.97. The lowest BCUT2D eigenvalue weighted by molar-refractivity contribution is -0.136. The summed E-state index contributed by atoms with van der Waals surface area (Å²) in [6.45, 7) is 3.00. The molecule has 1 fully saturated rings. The Morgan fingerprint density at radius 2 is 2.14 bits per heavy atom. The molecule has 1 aromatic carbocycles. The van der Waals surface area contributed by atoms with Gasteiger partial charge in [0.2, 0.25) is 5.91 Å². The maximum atomic E-state index is 12.3. The predicted molar refractivity (Wildman–Crippen MR) is 82.2 cm³/mol. The maximum absolute atomic E-state index is 12.3. The van der Waals surface area contributed by atoms with Gasteiger partial charge in [-0.2, -0.15) is 0 Å². The molecule has 1 aliphatic heterocycles. The van der Waals surface area contributed by atoms with Crippen LogP contribution in [0.1, 0.15) is 39.0 Å². The molecule has 1 aromatic rings. The molecule has 2 unspecified atom stereocenters. The van der Waals surface area contributed by atoms with Crippen LogP contribution in [0.25, 0.3) is 0 Å². The number of carbonyl (C=O) groups excluding carboxylic acids is 1. The summed E-state index contributed by atoms with van der Waals surface area (Å²) in [5.41, 5.74) is 0. The Morgan fingerprint density at radius 3 is 2.86 bits per heavy atom. The molecule has 0 radical (unpaired) electrons. The van der Waals surface area contributed by atoms with Crippen LogP contribution in [-0.4, -0.2) is 41.2 Å². The summed E-state index contributed by atoms with van der Waals surface area (Å²) in [6, 6.07) is 9.74. The minimum Gasteiger partial charge on any atom is -0.493 e. The second-order valence-corrected chi connectivity index (χ2v) is 5.73. The molecule has 1 aliphatic rings. The number of para-hydroxylation sites is 1. The van der Waals surface area contributed by atoms with Crippen molar-refractivity contribution in [2.24, 2.45) is 0 Å². The highest BCUT2D eigenvalue weighted by atomic mass is 16.5. The van der Waals surface area contributed by atoms with Crippen LogP contribution < -0.4 is 4.74 Å². The quantitative estimate of drug-likeness (QED) is 0.876. The van der Waals surface area contributed by atoms with Crippen LogP contribution in [0.4, 0.5) is 0 Å². The number of rotatable bonds is 6. The standard InChI is InChI=1S/C17H25NO3/c1-14(19)13-15-7-5-6-11-18(15)17(20)10-12-21-16-8-3-2-4-9-16/h2-4,8-9,14-15,19H,5-7,10-13H2,1H3. The number of aliphatic hydroxyl groups excluding tert-OH is 1. The fourth-order valence-electron chi connectivity index (χ4n) is 2.88. The lowest BCUT2D eigenvalue weighted by Gasteiger charge is -2.36. The van der Waals surface area contributed by atoms with Gasteiger partial charge in [-0.15, -0.1) is 0 Å². The number of ether oxygens (including phenoxy) is 1. The van der Waals surface area contributed by atoms with E-state index < -0.39 is 0 Å². The summed E-state index contributed by atoms with van der Waals surface area (Å²) in [5.74, 6) is 0.931. The monoisotopic (exact) mass is 291 g/mol. The normalized spacial score (nSPS) is 20.1. The van der Waals surface area contributed by atoms with Gasteiger partial charge in [0, 0.05) is 12.6 Å². The number of piperidine rings is 1. The molecular formula is C17H25NO3. The van der Waals surface area contributed by atoms with Gasteiger partial charge in [0.15, 0.2) is 0 Å². The van der Waals surface area contributed by atoms with Crippen molar-refractivity contribution in [2.45, 2.75) is 51.2 Å². The van der Waals surface area contributed by atoms with Crippen molar-refractivity contribution in [3.05, 3.63) is 30.3 Å². The van der Waals surface area contributed by atoms with Gasteiger partial charge in [-0.25, -0.2) is 0 Å². The third-order valence-electron chi connectivity index (χ3n) is 3.89. The number of nitrogens with zero attached hydrogens (tertiary/aromatic N) is 1. The van der Waals surface area contributed by atoms with Gasteiger partial charge >= 0.3 is 0 Å². The van der Waals surface area contributed by atoms with Gasteiger partial charge in [-0.3, -0.25) is 4.79 Å². The fourth-order valence-corrected chi connectivity index (χ4v) is 2.88. The Bertz CT molecular complexity index is 433. The van der Waals surface area contributed by atoms with E-state index in [1.807, 2.05) is 35.2 Å². The van der Waals surface area contributed by atoms with E-state index in [4.69, 9.17) is 4.74 Å². The van der Waals surface area contributed by atoms with E-state index in [0.29, 0.717) is 19.4 Å². The predicted octanol–water partition coefficient (Wildman–Crippen LogP) is 2.61. The van der Waals surface area contributed by atoms with Crippen molar-refractivity contribution in [1.29, 1.82) is 0 Å². The van der Waals surface area contributed by atoms with E-state index in [0.717, 1.165) is 31.6 Å². The molecule has 1 heterocycles. The fraction of sp³-hybridized carbons (Fsp3) is 0.588. The Balaban J connectivity index is 1.80. The van der Waals surface area contributed by atoms with Gasteiger partial charge in [0.1, 0.15) is 5.75 Å². The van der Waals surface area contributed by atoms with Crippen LogP contribution in [0.2, 0.25) is 0 Å². The molecule has 0 spiro atoms. The molecule has 0 bridgehead atoms. The molecule has 116 valence electrons. The van der Waals surface area contributed by atoms with Crippen molar-refractivity contribution in [3.8, 4) is 5.75 Å². The maximum Gasteiger partial charge on any atom is 0.226 e. The molecule has 0 saturated carbocycles. The molecule has 1 saturated heterocycles. The molecule has 1 amide bonds. The molecule has 4 heteroatoms. The van der Waals surface area contributed by atoms with E-state index in [1.165, 1.54) is 0 Å². The first-order valence-corrected chi connectivity index (χ1v) is 7.82. The number of amides is 1. The summed E-state index contributed by atoms with van der Waals surface area (Å²) < 4.78 is 5.59. The summed E-state index contributed by atoms with van der Waals surface area (Å²) in [5, 5.41) is 9.57. The molecule has 4 nitrogen and oxygen atoms in total. The summed E-state index contributed by atoms with van der Waals surface area (Å²) in [6.07, 6.45) is 3.90. The Labute approximate surface area is 126 Å². The summed E-state index contributed by atoms with van der Waals surface area (Å²) in [7, 11) is 0. The second kappa shape index (κ2) is 8.03. The number of benzene rings is 1. The van der Waals surface area contributed by atoms with Crippen LogP contribution in [0, 0.1) is 0 Å². The van der Waals surface area contributed by atoms with Crippen molar-refractivity contribution in [2.75, 3.05) is 13.2 Å². The summed E-state index contributed by atoms with van der Waals surface area (Å²) >= 11 is 0. The molecule has 0 aromatic heterocycles. The highest BCUT2D eigenvalue weighted by molar-refractivity contribution is 5.76. The molecule has 2 atom stereocenters. The molecule has 2 rings (SSSR count). The first-order chi connectivity index (χ1) is 10.2. The van der Waals surface area contributed by atoms with Crippen molar-refractivity contribution in [1.82, 2.24) is 4.90 Å². The lowest BCUT2D eigenvalue weighted by Crippen LogP contribution is -2.45. The van der Waals surface area contributed by atoms with Crippen molar-refractivity contribution < 1.29 is 14.6 Å². The molecule has 21 heavy (non-hydrogen) atoms. The number of hydrogen-bond acceptors (Lipinski definition) is 3. The van der Waals surface area contributed by atoms with Gasteiger partial charge in [0.05, 0.1) is 19.1 Å². The van der Waals surface area contributed by atoms with E-state index in [1.54, 1.807) is 6.92 Å². The van der Waals surface area contributed by atoms with E-state index in [9.17, 15) is 9.90 Å². The molecular weight excluding hydrogens is 266 g/mol. The smallest absolute Gasteiger partial charge is 0.226 e. The van der Waals surface area contributed by atoms with Crippen LogP contribution in [0.5, 0.6) is 5.75 Å². The number of hydrogen-bond donors (Lipinski definition) is 1. The minimum absolute atomic E-state index is 0.135. The van der Waals surface area contributed by atoms with E-state index >= 15 is 0 Å².